The van der Waals surface area contributed by atoms with Crippen molar-refractivity contribution in [3.63, 3.8) is 0 Å². The van der Waals surface area contributed by atoms with E-state index in [1.54, 1.807) is 0 Å². The highest BCUT2D eigenvalue weighted by atomic mass is 16.5. The largest absolute Gasteiger partial charge is 0.378 e. The first-order valence-electron chi connectivity index (χ1n) is 22.2. The minimum atomic E-state index is 0.239. The highest BCUT2D eigenvalue weighted by molar-refractivity contribution is 5.79. The van der Waals surface area contributed by atoms with Crippen LogP contribution in [0.4, 0.5) is 0 Å². The number of nitrogens with zero attached hydrogens (tertiary/aromatic N) is 6. The van der Waals surface area contributed by atoms with Crippen LogP contribution in [0.2, 0.25) is 0 Å². The third-order valence-electron chi connectivity index (χ3n) is 11.6. The Labute approximate surface area is 341 Å². The van der Waals surface area contributed by atoms with Gasteiger partial charge in [-0.25, -0.2) is 0 Å². The molecule has 6 saturated heterocycles. The molecule has 0 aliphatic carbocycles. The van der Waals surface area contributed by atoms with E-state index in [4.69, 9.17) is 14.2 Å². The first-order valence-corrected chi connectivity index (χ1v) is 22.2. The van der Waals surface area contributed by atoms with Gasteiger partial charge in [-0.15, -0.1) is 0 Å². The second kappa shape index (κ2) is 27.4. The number of ether oxygens (including phenoxy) is 3. The van der Waals surface area contributed by atoms with Gasteiger partial charge in [-0.3, -0.25) is 28.8 Å². The fraction of sp³-hybridized carbons (Fsp3) is 0.857. The Morgan fingerprint density at radius 3 is 0.684 bits per heavy atom. The van der Waals surface area contributed by atoms with Gasteiger partial charge in [-0.05, 0) is 64.2 Å². The second-order valence-corrected chi connectivity index (χ2v) is 15.9. The molecule has 15 heteroatoms. The van der Waals surface area contributed by atoms with Crippen molar-refractivity contribution in [1.29, 1.82) is 0 Å². The Balaban J connectivity index is 0.000000190. The number of carbonyl (C=O) groups excluding carboxylic acids is 6. The summed E-state index contributed by atoms with van der Waals surface area (Å²) in [6, 6.07) is 0. The lowest BCUT2D eigenvalue weighted by Crippen LogP contribution is -2.39. The van der Waals surface area contributed by atoms with E-state index in [0.29, 0.717) is 117 Å². The van der Waals surface area contributed by atoms with Gasteiger partial charge in [-0.2, -0.15) is 0 Å². The SMILES string of the molecule is O=C1CCCCCN1CCOCCN1CCCCCC1=O.O=C1CCCCN1CCOCCN1CCCCC1=O.O=C1CCCN1CCOCCN1CCCC1=O. The van der Waals surface area contributed by atoms with E-state index in [1.165, 1.54) is 0 Å². The van der Waals surface area contributed by atoms with E-state index in [1.807, 2.05) is 29.4 Å². The number of piperidine rings is 2. The van der Waals surface area contributed by atoms with Crippen LogP contribution >= 0.6 is 0 Å². The third kappa shape index (κ3) is 18.0. The van der Waals surface area contributed by atoms with E-state index in [2.05, 4.69) is 0 Å². The standard InChI is InChI=1S/C16H28N2O3.C14H24N2O3.C12H20N2O3/c19-15-7-3-1-5-9-17(15)11-13-21-14-12-18-10-6-2-4-8-16(18)20;17-13-5-1-3-7-15(13)9-11-19-12-10-16-8-4-2-6-14(16)18;15-11-3-1-5-13(11)7-9-17-10-8-14-6-2-4-12(14)16/h1-14H2;1-12H2;1-10H2. The van der Waals surface area contributed by atoms with Crippen molar-refractivity contribution in [2.45, 2.75) is 116 Å². The lowest BCUT2D eigenvalue weighted by atomic mass is 10.1. The van der Waals surface area contributed by atoms with Crippen molar-refractivity contribution < 1.29 is 43.0 Å². The predicted molar refractivity (Wildman–Crippen MR) is 215 cm³/mol. The molecule has 0 spiro atoms. The molecule has 0 unspecified atom stereocenters. The van der Waals surface area contributed by atoms with E-state index in [9.17, 15) is 28.8 Å². The first-order chi connectivity index (χ1) is 27.8. The molecule has 0 bridgehead atoms. The Kier molecular flexibility index (Phi) is 22.3. The van der Waals surface area contributed by atoms with Crippen molar-refractivity contribution >= 4 is 35.4 Å². The number of hydrogen-bond acceptors (Lipinski definition) is 9. The van der Waals surface area contributed by atoms with Crippen molar-refractivity contribution in [3.05, 3.63) is 0 Å². The summed E-state index contributed by atoms with van der Waals surface area (Å²) in [6.07, 6.45) is 16.9. The third-order valence-corrected chi connectivity index (χ3v) is 11.6. The number of rotatable bonds is 18. The quantitative estimate of drug-likeness (QED) is 0.191. The molecule has 57 heavy (non-hydrogen) atoms. The zero-order chi connectivity index (χ0) is 40.5. The maximum absolute atomic E-state index is 11.8. The van der Waals surface area contributed by atoms with Crippen LogP contribution in [0, 0.1) is 0 Å². The molecule has 0 N–H and O–H groups in total. The van der Waals surface area contributed by atoms with E-state index in [0.717, 1.165) is 116 Å². The molecule has 6 amide bonds. The van der Waals surface area contributed by atoms with Gasteiger partial charge in [0.25, 0.3) is 0 Å². The van der Waals surface area contributed by atoms with Crippen LogP contribution in [0.1, 0.15) is 116 Å². The Hall–Kier alpha value is -3.30. The minimum absolute atomic E-state index is 0.239. The summed E-state index contributed by atoms with van der Waals surface area (Å²) >= 11 is 0. The second-order valence-electron chi connectivity index (χ2n) is 15.9. The molecule has 15 nitrogen and oxygen atoms in total. The summed E-state index contributed by atoms with van der Waals surface area (Å²) < 4.78 is 16.6. The monoisotopic (exact) mass is 805 g/mol. The molecule has 6 fully saturated rings. The fourth-order valence-corrected chi connectivity index (χ4v) is 7.98. The fourth-order valence-electron chi connectivity index (χ4n) is 7.98. The molecule has 0 aromatic heterocycles. The van der Waals surface area contributed by atoms with E-state index in [-0.39, 0.29) is 35.4 Å². The zero-order valence-electron chi connectivity index (χ0n) is 34.8. The van der Waals surface area contributed by atoms with Crippen molar-refractivity contribution in [2.24, 2.45) is 0 Å². The van der Waals surface area contributed by atoms with Crippen molar-refractivity contribution in [2.75, 3.05) is 118 Å². The first kappa shape index (κ1) is 46.4. The molecule has 6 heterocycles. The maximum Gasteiger partial charge on any atom is 0.222 e. The van der Waals surface area contributed by atoms with Gasteiger partial charge < -0.3 is 43.6 Å². The van der Waals surface area contributed by atoms with Crippen LogP contribution in [-0.4, -0.2) is 183 Å². The molecule has 0 aromatic rings. The van der Waals surface area contributed by atoms with Crippen molar-refractivity contribution in [3.8, 4) is 0 Å². The van der Waals surface area contributed by atoms with Gasteiger partial charge in [0.15, 0.2) is 0 Å². The van der Waals surface area contributed by atoms with Crippen molar-refractivity contribution in [1.82, 2.24) is 29.4 Å². The molecule has 0 radical (unpaired) electrons. The maximum atomic E-state index is 11.8. The van der Waals surface area contributed by atoms with E-state index >= 15 is 0 Å². The topological polar surface area (TPSA) is 150 Å². The van der Waals surface area contributed by atoms with Crippen LogP contribution in [0.15, 0.2) is 0 Å². The molecule has 0 atom stereocenters. The lowest BCUT2D eigenvalue weighted by Gasteiger charge is -2.28. The average molecular weight is 805 g/mol. The molecule has 6 aliphatic heterocycles. The number of carbonyl (C=O) groups is 6. The Morgan fingerprint density at radius 1 is 0.263 bits per heavy atom. The van der Waals surface area contributed by atoms with Gasteiger partial charge in [0, 0.05) is 117 Å². The van der Waals surface area contributed by atoms with Crippen LogP contribution in [0.3, 0.4) is 0 Å². The smallest absolute Gasteiger partial charge is 0.222 e. The Morgan fingerprint density at radius 2 is 0.456 bits per heavy atom. The molecule has 6 aliphatic rings. The van der Waals surface area contributed by atoms with Gasteiger partial charge in [0.2, 0.25) is 35.4 Å². The summed E-state index contributed by atoms with van der Waals surface area (Å²) in [6.45, 7) is 12.8. The molecule has 6 rings (SSSR count). The van der Waals surface area contributed by atoms with Crippen LogP contribution < -0.4 is 0 Å². The molecule has 324 valence electrons. The summed E-state index contributed by atoms with van der Waals surface area (Å²) in [5.74, 6) is 1.51. The van der Waals surface area contributed by atoms with Gasteiger partial charge in [0.05, 0.1) is 39.6 Å². The summed E-state index contributed by atoms with van der Waals surface area (Å²) in [5, 5.41) is 0. The van der Waals surface area contributed by atoms with Gasteiger partial charge >= 0.3 is 0 Å². The molecule has 0 saturated carbocycles. The minimum Gasteiger partial charge on any atom is -0.378 e. The molecule has 0 aromatic carbocycles. The van der Waals surface area contributed by atoms with Crippen LogP contribution in [-0.2, 0) is 43.0 Å². The summed E-state index contributed by atoms with van der Waals surface area (Å²) in [4.78, 5) is 80.7. The normalized spacial score (nSPS) is 21.1. The number of amides is 6. The number of hydrogen-bond donors (Lipinski definition) is 0. The van der Waals surface area contributed by atoms with Gasteiger partial charge in [0.1, 0.15) is 0 Å². The predicted octanol–water partition coefficient (Wildman–Crippen LogP) is 3.08. The van der Waals surface area contributed by atoms with E-state index < -0.39 is 0 Å². The molecular formula is C42H72N6O9. The highest BCUT2D eigenvalue weighted by Crippen LogP contribution is 2.14. The highest BCUT2D eigenvalue weighted by Gasteiger charge is 2.22. The average Bonchev–Trinajstić information content (AvgIpc) is 3.68. The number of likely N-dealkylation sites (tertiary alicyclic amines) is 6. The summed E-state index contributed by atoms with van der Waals surface area (Å²) in [5.41, 5.74) is 0. The Bertz CT molecular complexity index is 1160. The lowest BCUT2D eigenvalue weighted by molar-refractivity contribution is -0.135. The molecular weight excluding hydrogens is 732 g/mol. The van der Waals surface area contributed by atoms with Crippen LogP contribution in [0.5, 0.6) is 0 Å². The zero-order valence-corrected chi connectivity index (χ0v) is 34.8. The summed E-state index contributed by atoms with van der Waals surface area (Å²) in [7, 11) is 0. The van der Waals surface area contributed by atoms with Gasteiger partial charge in [-0.1, -0.05) is 12.8 Å². The van der Waals surface area contributed by atoms with Crippen LogP contribution in [0.25, 0.3) is 0 Å².